The van der Waals surface area contributed by atoms with E-state index < -0.39 is 0 Å². The molecule has 1 heterocycles. The lowest BCUT2D eigenvalue weighted by Crippen LogP contribution is -1.77. The van der Waals surface area contributed by atoms with E-state index in [0.717, 1.165) is 0 Å². The maximum Gasteiger partial charge on any atom is 0.00736 e. The third kappa shape index (κ3) is 6.20. The lowest BCUT2D eigenvalue weighted by molar-refractivity contribution is 0.890. The Morgan fingerprint density at radius 2 is 1.57 bits per heavy atom. The van der Waals surface area contributed by atoms with Crippen molar-refractivity contribution in [2.24, 2.45) is 0 Å². The van der Waals surface area contributed by atoms with Crippen molar-refractivity contribution in [3.8, 4) is 0 Å². The average Bonchev–Trinajstić information content (AvgIpc) is 2.72. The smallest absolute Gasteiger partial charge is 0.00736 e. The molecule has 0 bridgehead atoms. The molecule has 0 aromatic carbocycles. The normalized spacial score (nSPS) is 8.57. The highest BCUT2D eigenvalue weighted by atomic mass is 32.1. The zero-order valence-electron chi connectivity index (χ0n) is 10.8. The first kappa shape index (κ1) is 16.1. The third-order valence-corrected chi connectivity index (χ3v) is 3.13. The van der Waals surface area contributed by atoms with Gasteiger partial charge in [-0.1, -0.05) is 48.5 Å². The molecular formula is C13H26S. The maximum absolute atomic E-state index is 2.24. The first-order valence-electron chi connectivity index (χ1n) is 5.82. The van der Waals surface area contributed by atoms with Crippen LogP contribution in [0.15, 0.2) is 12.1 Å². The summed E-state index contributed by atoms with van der Waals surface area (Å²) in [6.07, 6.45) is 1.18. The van der Waals surface area contributed by atoms with Gasteiger partial charge in [-0.3, -0.25) is 0 Å². The molecule has 1 rings (SSSR count). The Kier molecular flexibility index (Phi) is 12.4. The summed E-state index contributed by atoms with van der Waals surface area (Å²) in [5.74, 6) is 0.699. The molecule has 0 N–H and O–H groups in total. The summed E-state index contributed by atoms with van der Waals surface area (Å²) in [6, 6.07) is 4.48. The fourth-order valence-electron chi connectivity index (χ4n) is 0.895. The molecule has 0 fully saturated rings. The summed E-state index contributed by atoms with van der Waals surface area (Å²) < 4.78 is 0. The van der Waals surface area contributed by atoms with Crippen molar-refractivity contribution in [2.45, 2.75) is 60.8 Å². The minimum atomic E-state index is 0.699. The molecule has 0 atom stereocenters. The van der Waals surface area contributed by atoms with E-state index in [1.165, 1.54) is 16.2 Å². The maximum atomic E-state index is 2.24. The largest absolute Gasteiger partial charge is 0.145 e. The van der Waals surface area contributed by atoms with Crippen LogP contribution in [0.5, 0.6) is 0 Å². The third-order valence-electron chi connectivity index (χ3n) is 1.60. The van der Waals surface area contributed by atoms with Crippen LogP contribution in [0.4, 0.5) is 0 Å². The quantitative estimate of drug-likeness (QED) is 0.611. The first-order valence-corrected chi connectivity index (χ1v) is 6.64. The van der Waals surface area contributed by atoms with Crippen LogP contribution < -0.4 is 0 Å². The van der Waals surface area contributed by atoms with Crippen molar-refractivity contribution >= 4 is 11.3 Å². The van der Waals surface area contributed by atoms with Crippen LogP contribution in [0, 0.1) is 0 Å². The fraction of sp³-hybridized carbons (Fsp3) is 0.692. The predicted octanol–water partition coefficient (Wildman–Crippen LogP) is 5.49. The Bertz CT molecular complexity index is 199. The molecule has 0 radical (unpaired) electrons. The van der Waals surface area contributed by atoms with Gasteiger partial charge < -0.3 is 0 Å². The Balaban J connectivity index is 0. The van der Waals surface area contributed by atoms with Crippen LogP contribution in [-0.2, 0) is 6.42 Å². The molecule has 0 saturated heterocycles. The number of aryl methyl sites for hydroxylation is 1. The van der Waals surface area contributed by atoms with Crippen LogP contribution in [0.2, 0.25) is 0 Å². The second kappa shape index (κ2) is 10.8. The standard InChI is InChI=1S/C9H14S.2C2H6/c1-4-8-5-6-9(10-8)7(2)3;2*1-2/h5-7H,4H2,1-3H3;2*1-2H3. The van der Waals surface area contributed by atoms with E-state index in [9.17, 15) is 0 Å². The Morgan fingerprint density at radius 1 is 1.07 bits per heavy atom. The zero-order chi connectivity index (χ0) is 11.6. The summed E-state index contributed by atoms with van der Waals surface area (Å²) in [6.45, 7) is 14.7. The van der Waals surface area contributed by atoms with Crippen LogP contribution in [0.3, 0.4) is 0 Å². The highest BCUT2D eigenvalue weighted by molar-refractivity contribution is 7.12. The van der Waals surface area contributed by atoms with E-state index >= 15 is 0 Å². The highest BCUT2D eigenvalue weighted by Gasteiger charge is 2.01. The van der Waals surface area contributed by atoms with Gasteiger partial charge in [0, 0.05) is 9.75 Å². The van der Waals surface area contributed by atoms with E-state index in [4.69, 9.17) is 0 Å². The fourth-order valence-corrected chi connectivity index (χ4v) is 1.85. The van der Waals surface area contributed by atoms with Crippen molar-refractivity contribution in [2.75, 3.05) is 0 Å². The summed E-state index contributed by atoms with van der Waals surface area (Å²) >= 11 is 1.94. The molecule has 0 aliphatic carbocycles. The molecule has 1 aromatic rings. The molecule has 0 amide bonds. The molecule has 0 spiro atoms. The minimum absolute atomic E-state index is 0.699. The number of thiophene rings is 1. The second-order valence-electron chi connectivity index (χ2n) is 2.81. The number of rotatable bonds is 2. The van der Waals surface area contributed by atoms with Crippen molar-refractivity contribution in [3.63, 3.8) is 0 Å². The zero-order valence-corrected chi connectivity index (χ0v) is 11.7. The monoisotopic (exact) mass is 214 g/mol. The van der Waals surface area contributed by atoms with E-state index in [1.807, 2.05) is 39.0 Å². The van der Waals surface area contributed by atoms with Crippen molar-refractivity contribution < 1.29 is 0 Å². The predicted molar refractivity (Wildman–Crippen MR) is 70.5 cm³/mol. The van der Waals surface area contributed by atoms with Crippen molar-refractivity contribution in [1.82, 2.24) is 0 Å². The van der Waals surface area contributed by atoms with Crippen molar-refractivity contribution in [3.05, 3.63) is 21.9 Å². The van der Waals surface area contributed by atoms with Crippen molar-refractivity contribution in [1.29, 1.82) is 0 Å². The summed E-state index contributed by atoms with van der Waals surface area (Å²) in [4.78, 5) is 3.01. The molecule has 0 aliphatic rings. The topological polar surface area (TPSA) is 0 Å². The second-order valence-corrected chi connectivity index (χ2v) is 4.01. The molecule has 1 aromatic heterocycles. The van der Waals surface area contributed by atoms with Gasteiger partial charge in [0.1, 0.15) is 0 Å². The molecule has 84 valence electrons. The van der Waals surface area contributed by atoms with E-state index in [1.54, 1.807) is 0 Å². The average molecular weight is 214 g/mol. The van der Waals surface area contributed by atoms with Gasteiger partial charge in [0.25, 0.3) is 0 Å². The Hall–Kier alpha value is -0.300. The van der Waals surface area contributed by atoms with Gasteiger partial charge in [-0.2, -0.15) is 0 Å². The van der Waals surface area contributed by atoms with Gasteiger partial charge in [0.05, 0.1) is 0 Å². The van der Waals surface area contributed by atoms with Gasteiger partial charge in [0.2, 0.25) is 0 Å². The van der Waals surface area contributed by atoms with E-state index in [2.05, 4.69) is 32.9 Å². The molecule has 0 saturated carbocycles. The van der Waals surface area contributed by atoms with Crippen LogP contribution in [-0.4, -0.2) is 0 Å². The molecule has 0 aliphatic heterocycles. The van der Waals surface area contributed by atoms with Gasteiger partial charge in [-0.05, 0) is 24.5 Å². The molecule has 0 nitrogen and oxygen atoms in total. The molecule has 0 unspecified atom stereocenters. The van der Waals surface area contributed by atoms with Crippen LogP contribution in [0.25, 0.3) is 0 Å². The summed E-state index contributed by atoms with van der Waals surface area (Å²) in [5.41, 5.74) is 0. The van der Waals surface area contributed by atoms with Gasteiger partial charge >= 0.3 is 0 Å². The highest BCUT2D eigenvalue weighted by Crippen LogP contribution is 2.24. The van der Waals surface area contributed by atoms with Gasteiger partial charge in [0.15, 0.2) is 0 Å². The van der Waals surface area contributed by atoms with Crippen LogP contribution >= 0.6 is 11.3 Å². The summed E-state index contributed by atoms with van der Waals surface area (Å²) in [5, 5.41) is 0. The SMILES string of the molecule is CC.CC.CCc1ccc(C(C)C)s1. The Labute approximate surface area is 94.4 Å². The molecule has 1 heteroatoms. The Morgan fingerprint density at radius 3 is 1.79 bits per heavy atom. The number of hydrogen-bond acceptors (Lipinski definition) is 1. The van der Waals surface area contributed by atoms with E-state index in [0.29, 0.717) is 5.92 Å². The van der Waals surface area contributed by atoms with E-state index in [-0.39, 0.29) is 0 Å². The molecule has 14 heavy (non-hydrogen) atoms. The lowest BCUT2D eigenvalue weighted by Gasteiger charge is -1.96. The molecular weight excluding hydrogens is 188 g/mol. The van der Waals surface area contributed by atoms with Gasteiger partial charge in [-0.25, -0.2) is 0 Å². The first-order chi connectivity index (χ1) is 6.74. The summed E-state index contributed by atoms with van der Waals surface area (Å²) in [7, 11) is 0. The number of hydrogen-bond donors (Lipinski definition) is 0. The van der Waals surface area contributed by atoms with Gasteiger partial charge in [-0.15, -0.1) is 11.3 Å². The minimum Gasteiger partial charge on any atom is -0.145 e. The lowest BCUT2D eigenvalue weighted by atomic mass is 10.2. The van der Waals surface area contributed by atoms with Crippen LogP contribution in [0.1, 0.15) is 64.1 Å².